The van der Waals surface area contributed by atoms with Crippen molar-refractivity contribution in [2.75, 3.05) is 0 Å². The monoisotopic (exact) mass is 142 g/mol. The van der Waals surface area contributed by atoms with Crippen LogP contribution in [0.1, 0.15) is 19.3 Å². The fraction of sp³-hybridized carbons (Fsp3) is 0.857. The van der Waals surface area contributed by atoms with Crippen LogP contribution in [-0.4, -0.2) is 22.3 Å². The van der Waals surface area contributed by atoms with Gasteiger partial charge in [0.05, 0.1) is 11.5 Å². The van der Waals surface area contributed by atoms with E-state index in [0.29, 0.717) is 19.3 Å². The van der Waals surface area contributed by atoms with Crippen LogP contribution < -0.4 is 0 Å². The van der Waals surface area contributed by atoms with Gasteiger partial charge in [0, 0.05) is 5.92 Å². The molecule has 0 aliphatic heterocycles. The third kappa shape index (κ3) is 0.515. The lowest BCUT2D eigenvalue weighted by Gasteiger charge is -2.01. The molecule has 2 N–H and O–H groups in total. The van der Waals surface area contributed by atoms with E-state index in [9.17, 15) is 9.90 Å². The van der Waals surface area contributed by atoms with E-state index >= 15 is 0 Å². The van der Waals surface area contributed by atoms with Crippen molar-refractivity contribution in [1.82, 2.24) is 0 Å². The molecule has 0 bridgehead atoms. The Balaban J connectivity index is 2.18. The molecule has 2 aliphatic carbocycles. The molecular formula is C7H10O3. The zero-order valence-electron chi connectivity index (χ0n) is 5.58. The molecule has 2 rings (SSSR count). The SMILES string of the molecule is O=C(O)[C@]12CC[C@@H](O)[C@H]1C2. The fourth-order valence-corrected chi connectivity index (χ4v) is 2.08. The number of fused-ring (bicyclic) bond motifs is 1. The van der Waals surface area contributed by atoms with Crippen molar-refractivity contribution < 1.29 is 15.0 Å². The molecule has 56 valence electrons. The van der Waals surface area contributed by atoms with Crippen molar-refractivity contribution in [2.45, 2.75) is 25.4 Å². The van der Waals surface area contributed by atoms with Gasteiger partial charge in [-0.15, -0.1) is 0 Å². The largest absolute Gasteiger partial charge is 0.481 e. The number of carboxylic acid groups (broad SMARTS) is 1. The van der Waals surface area contributed by atoms with E-state index in [0.717, 1.165) is 0 Å². The minimum absolute atomic E-state index is 0.0741. The Kier molecular flexibility index (Phi) is 0.944. The van der Waals surface area contributed by atoms with Crippen LogP contribution in [0.25, 0.3) is 0 Å². The lowest BCUT2D eigenvalue weighted by molar-refractivity contribution is -0.143. The molecule has 10 heavy (non-hydrogen) atoms. The summed E-state index contributed by atoms with van der Waals surface area (Å²) in [4.78, 5) is 10.6. The Morgan fingerprint density at radius 1 is 1.60 bits per heavy atom. The maximum Gasteiger partial charge on any atom is 0.310 e. The smallest absolute Gasteiger partial charge is 0.310 e. The van der Waals surface area contributed by atoms with Gasteiger partial charge in [0.1, 0.15) is 0 Å². The van der Waals surface area contributed by atoms with Gasteiger partial charge < -0.3 is 10.2 Å². The number of aliphatic hydroxyl groups is 1. The zero-order chi connectivity index (χ0) is 7.35. The highest BCUT2D eigenvalue weighted by Gasteiger charge is 2.66. The molecule has 0 heterocycles. The van der Waals surface area contributed by atoms with Crippen molar-refractivity contribution in [3.8, 4) is 0 Å². The molecule has 2 saturated carbocycles. The molecule has 0 radical (unpaired) electrons. The molecule has 0 saturated heterocycles. The number of carboxylic acids is 1. The Bertz CT molecular complexity index is 189. The number of rotatable bonds is 1. The molecule has 0 amide bonds. The van der Waals surface area contributed by atoms with Crippen molar-refractivity contribution >= 4 is 5.97 Å². The Morgan fingerprint density at radius 3 is 2.50 bits per heavy atom. The summed E-state index contributed by atoms with van der Waals surface area (Å²) in [6.45, 7) is 0. The number of aliphatic hydroxyl groups excluding tert-OH is 1. The van der Waals surface area contributed by atoms with Crippen LogP contribution in [0.5, 0.6) is 0 Å². The van der Waals surface area contributed by atoms with Crippen molar-refractivity contribution in [1.29, 1.82) is 0 Å². The summed E-state index contributed by atoms with van der Waals surface area (Å²) < 4.78 is 0. The quantitative estimate of drug-likeness (QED) is 0.551. The van der Waals surface area contributed by atoms with Crippen LogP contribution in [0.3, 0.4) is 0 Å². The Labute approximate surface area is 58.7 Å². The molecule has 2 aliphatic rings. The molecule has 0 aromatic rings. The average Bonchev–Trinajstić information content (AvgIpc) is 2.52. The minimum Gasteiger partial charge on any atom is -0.481 e. The highest BCUT2D eigenvalue weighted by atomic mass is 16.4. The van der Waals surface area contributed by atoms with Crippen molar-refractivity contribution in [2.24, 2.45) is 11.3 Å². The second-order valence-corrected chi connectivity index (χ2v) is 3.38. The van der Waals surface area contributed by atoms with Crippen LogP contribution >= 0.6 is 0 Å². The normalized spacial score (nSPS) is 50.5. The van der Waals surface area contributed by atoms with Crippen LogP contribution in [0.15, 0.2) is 0 Å². The van der Waals surface area contributed by atoms with E-state index in [2.05, 4.69) is 0 Å². The highest BCUT2D eigenvalue weighted by Crippen LogP contribution is 2.63. The van der Waals surface area contributed by atoms with E-state index in [-0.39, 0.29) is 12.0 Å². The van der Waals surface area contributed by atoms with Gasteiger partial charge in [-0.2, -0.15) is 0 Å². The highest BCUT2D eigenvalue weighted by molar-refractivity contribution is 5.79. The number of aliphatic carboxylic acids is 1. The molecule has 0 unspecified atom stereocenters. The first-order chi connectivity index (χ1) is 4.67. The molecule has 0 spiro atoms. The first kappa shape index (κ1) is 6.16. The molecule has 3 nitrogen and oxygen atoms in total. The van der Waals surface area contributed by atoms with Gasteiger partial charge in [0.25, 0.3) is 0 Å². The van der Waals surface area contributed by atoms with Crippen LogP contribution in [0.2, 0.25) is 0 Å². The lowest BCUT2D eigenvalue weighted by Crippen LogP contribution is -2.14. The number of hydrogen-bond acceptors (Lipinski definition) is 2. The van der Waals surface area contributed by atoms with Gasteiger partial charge in [-0.25, -0.2) is 0 Å². The van der Waals surface area contributed by atoms with Gasteiger partial charge in [0.15, 0.2) is 0 Å². The first-order valence-electron chi connectivity index (χ1n) is 3.58. The van der Waals surface area contributed by atoms with E-state index < -0.39 is 11.4 Å². The van der Waals surface area contributed by atoms with E-state index in [1.807, 2.05) is 0 Å². The van der Waals surface area contributed by atoms with E-state index in [4.69, 9.17) is 5.11 Å². The average molecular weight is 142 g/mol. The van der Waals surface area contributed by atoms with Crippen LogP contribution in [-0.2, 0) is 4.79 Å². The summed E-state index contributed by atoms with van der Waals surface area (Å²) in [5.74, 6) is -0.640. The van der Waals surface area contributed by atoms with Crippen molar-refractivity contribution in [3.63, 3.8) is 0 Å². The first-order valence-corrected chi connectivity index (χ1v) is 3.58. The third-order valence-electron chi connectivity index (χ3n) is 2.91. The third-order valence-corrected chi connectivity index (χ3v) is 2.91. The Hall–Kier alpha value is -0.570. The predicted octanol–water partition coefficient (Wildman–Crippen LogP) is 0.232. The number of carbonyl (C=O) groups is 1. The van der Waals surface area contributed by atoms with Gasteiger partial charge in [-0.1, -0.05) is 0 Å². The van der Waals surface area contributed by atoms with Gasteiger partial charge in [-0.3, -0.25) is 4.79 Å². The predicted molar refractivity (Wildman–Crippen MR) is 33.4 cm³/mol. The molecule has 0 aromatic carbocycles. The standard InChI is InChI=1S/C7H10O3/c8-5-1-2-7(6(9)10)3-4(5)7/h4-5,8H,1-3H2,(H,9,10)/t4-,5-,7+/m1/s1. The van der Waals surface area contributed by atoms with Gasteiger partial charge >= 0.3 is 5.97 Å². The maximum atomic E-state index is 10.6. The zero-order valence-corrected chi connectivity index (χ0v) is 5.58. The van der Waals surface area contributed by atoms with Gasteiger partial charge in [0.2, 0.25) is 0 Å². The van der Waals surface area contributed by atoms with Crippen LogP contribution in [0.4, 0.5) is 0 Å². The summed E-state index contributed by atoms with van der Waals surface area (Å²) in [7, 11) is 0. The lowest BCUT2D eigenvalue weighted by atomic mass is 10.1. The van der Waals surface area contributed by atoms with E-state index in [1.165, 1.54) is 0 Å². The topological polar surface area (TPSA) is 57.5 Å². The van der Waals surface area contributed by atoms with Crippen LogP contribution in [0, 0.1) is 11.3 Å². The van der Waals surface area contributed by atoms with Crippen molar-refractivity contribution in [3.05, 3.63) is 0 Å². The fourth-order valence-electron chi connectivity index (χ4n) is 2.08. The number of hydrogen-bond donors (Lipinski definition) is 2. The molecule has 0 aromatic heterocycles. The van der Waals surface area contributed by atoms with E-state index in [1.54, 1.807) is 0 Å². The minimum atomic E-state index is -0.714. The molecule has 2 fully saturated rings. The summed E-state index contributed by atoms with van der Waals surface area (Å²) in [6, 6.07) is 0. The summed E-state index contributed by atoms with van der Waals surface area (Å²) in [5, 5.41) is 17.9. The summed E-state index contributed by atoms with van der Waals surface area (Å²) in [5.41, 5.74) is -0.501. The second-order valence-electron chi connectivity index (χ2n) is 3.38. The maximum absolute atomic E-state index is 10.6. The molecular weight excluding hydrogens is 132 g/mol. The molecule has 3 atom stereocenters. The second kappa shape index (κ2) is 1.53. The molecule has 3 heteroatoms. The van der Waals surface area contributed by atoms with Gasteiger partial charge in [-0.05, 0) is 19.3 Å². The summed E-state index contributed by atoms with van der Waals surface area (Å²) >= 11 is 0. The summed E-state index contributed by atoms with van der Waals surface area (Å²) in [6.07, 6.45) is 1.71. The Morgan fingerprint density at radius 2 is 2.30 bits per heavy atom.